The first-order valence-electron chi connectivity index (χ1n) is 4.42. The van der Waals surface area contributed by atoms with E-state index in [1.807, 2.05) is 0 Å². The van der Waals surface area contributed by atoms with Crippen LogP contribution in [0.2, 0.25) is 0 Å². The van der Waals surface area contributed by atoms with Gasteiger partial charge in [0.2, 0.25) is 5.91 Å². The smallest absolute Gasteiger partial charge is 0.220 e. The molecule has 0 spiro atoms. The molecule has 0 aromatic heterocycles. The Morgan fingerprint density at radius 2 is 2.09 bits per heavy atom. The lowest BCUT2D eigenvalue weighted by Gasteiger charge is -2.19. The third-order valence-electron chi connectivity index (χ3n) is 2.79. The van der Waals surface area contributed by atoms with Crippen LogP contribution in [0.1, 0.15) is 33.1 Å². The maximum atomic E-state index is 10.9. The fourth-order valence-corrected chi connectivity index (χ4v) is 2.14. The van der Waals surface area contributed by atoms with Crippen LogP contribution >= 0.6 is 0 Å². The van der Waals surface area contributed by atoms with Crippen molar-refractivity contribution in [2.45, 2.75) is 33.1 Å². The number of nitrogens with two attached hydrogens (primary N) is 1. The lowest BCUT2D eigenvalue weighted by atomic mass is 9.86. The Labute approximate surface area is 68.2 Å². The summed E-state index contributed by atoms with van der Waals surface area (Å²) in [6.07, 6.45) is 3.37. The Morgan fingerprint density at radius 1 is 1.45 bits per heavy atom. The van der Waals surface area contributed by atoms with Gasteiger partial charge >= 0.3 is 0 Å². The van der Waals surface area contributed by atoms with Gasteiger partial charge in [0.1, 0.15) is 0 Å². The van der Waals surface area contributed by atoms with Crippen molar-refractivity contribution in [2.24, 2.45) is 23.5 Å². The van der Waals surface area contributed by atoms with Crippen molar-refractivity contribution in [3.63, 3.8) is 0 Å². The molecule has 11 heavy (non-hydrogen) atoms. The number of amides is 1. The predicted molar refractivity (Wildman–Crippen MR) is 44.9 cm³/mol. The average Bonchev–Trinajstić information content (AvgIpc) is 2.32. The highest BCUT2D eigenvalue weighted by atomic mass is 16.1. The van der Waals surface area contributed by atoms with E-state index in [4.69, 9.17) is 5.73 Å². The third kappa shape index (κ3) is 1.73. The second-order valence-corrected chi connectivity index (χ2v) is 3.85. The van der Waals surface area contributed by atoms with Crippen LogP contribution in [0.3, 0.4) is 0 Å². The topological polar surface area (TPSA) is 43.1 Å². The summed E-state index contributed by atoms with van der Waals surface area (Å²) in [7, 11) is 0. The number of carbonyl (C=O) groups excluding carboxylic acids is 1. The van der Waals surface area contributed by atoms with Gasteiger partial charge in [-0.2, -0.15) is 0 Å². The molecule has 1 fully saturated rings. The lowest BCUT2D eigenvalue weighted by molar-refractivity contribution is -0.123. The van der Waals surface area contributed by atoms with Crippen LogP contribution < -0.4 is 5.73 Å². The Balaban J connectivity index is 2.58. The molecular formula is C9H17NO. The Hall–Kier alpha value is -0.530. The summed E-state index contributed by atoms with van der Waals surface area (Å²) < 4.78 is 0. The van der Waals surface area contributed by atoms with Crippen LogP contribution in [0.25, 0.3) is 0 Å². The maximum Gasteiger partial charge on any atom is 0.220 e. The van der Waals surface area contributed by atoms with Crippen molar-refractivity contribution in [2.75, 3.05) is 0 Å². The molecule has 0 aliphatic heterocycles. The van der Waals surface area contributed by atoms with Gasteiger partial charge in [-0.15, -0.1) is 0 Å². The molecule has 0 unspecified atom stereocenters. The number of hydrogen-bond acceptors (Lipinski definition) is 1. The molecule has 0 aromatic carbocycles. The fourth-order valence-electron chi connectivity index (χ4n) is 2.14. The van der Waals surface area contributed by atoms with Gasteiger partial charge in [-0.1, -0.05) is 20.3 Å². The molecule has 1 aliphatic rings. The zero-order chi connectivity index (χ0) is 8.43. The van der Waals surface area contributed by atoms with E-state index in [1.165, 1.54) is 12.8 Å². The molecule has 2 nitrogen and oxygen atoms in total. The Kier molecular flexibility index (Phi) is 2.53. The standard InChI is InChI=1S/C9H17NO/c1-6(2)7-4-3-5-8(7)9(10)11/h6-8H,3-5H2,1-2H3,(H2,10,11)/t7-,8-/m0/s1. The molecule has 1 amide bonds. The van der Waals surface area contributed by atoms with E-state index in [1.54, 1.807) is 0 Å². The zero-order valence-corrected chi connectivity index (χ0v) is 7.34. The Morgan fingerprint density at radius 3 is 2.45 bits per heavy atom. The zero-order valence-electron chi connectivity index (χ0n) is 7.34. The summed E-state index contributed by atoms with van der Waals surface area (Å²) in [5.41, 5.74) is 5.29. The van der Waals surface area contributed by atoms with Gasteiger partial charge in [-0.05, 0) is 24.7 Å². The number of carbonyl (C=O) groups is 1. The van der Waals surface area contributed by atoms with Gasteiger partial charge in [0.15, 0.2) is 0 Å². The highest BCUT2D eigenvalue weighted by Gasteiger charge is 2.32. The van der Waals surface area contributed by atoms with Crippen LogP contribution in [0, 0.1) is 17.8 Å². The van der Waals surface area contributed by atoms with Gasteiger partial charge < -0.3 is 5.73 Å². The van der Waals surface area contributed by atoms with E-state index in [2.05, 4.69) is 13.8 Å². The van der Waals surface area contributed by atoms with Crippen molar-refractivity contribution in [3.8, 4) is 0 Å². The average molecular weight is 155 g/mol. The monoisotopic (exact) mass is 155 g/mol. The highest BCUT2D eigenvalue weighted by Crippen LogP contribution is 2.36. The molecule has 1 aliphatic carbocycles. The van der Waals surface area contributed by atoms with E-state index >= 15 is 0 Å². The second kappa shape index (κ2) is 3.24. The molecule has 1 rings (SSSR count). The van der Waals surface area contributed by atoms with Crippen LogP contribution in [-0.4, -0.2) is 5.91 Å². The van der Waals surface area contributed by atoms with Crippen LogP contribution in [0.5, 0.6) is 0 Å². The Bertz CT molecular complexity index is 154. The van der Waals surface area contributed by atoms with Gasteiger partial charge in [0, 0.05) is 5.92 Å². The van der Waals surface area contributed by atoms with Gasteiger partial charge in [-0.25, -0.2) is 0 Å². The summed E-state index contributed by atoms with van der Waals surface area (Å²) in [6, 6.07) is 0. The summed E-state index contributed by atoms with van der Waals surface area (Å²) in [5, 5.41) is 0. The van der Waals surface area contributed by atoms with Crippen molar-refractivity contribution in [1.29, 1.82) is 0 Å². The first-order valence-corrected chi connectivity index (χ1v) is 4.42. The van der Waals surface area contributed by atoms with Crippen molar-refractivity contribution >= 4 is 5.91 Å². The van der Waals surface area contributed by atoms with Crippen LogP contribution in [0.15, 0.2) is 0 Å². The quantitative estimate of drug-likeness (QED) is 0.646. The van der Waals surface area contributed by atoms with Crippen molar-refractivity contribution in [3.05, 3.63) is 0 Å². The fraction of sp³-hybridized carbons (Fsp3) is 0.889. The molecule has 1 saturated carbocycles. The van der Waals surface area contributed by atoms with E-state index in [9.17, 15) is 4.79 Å². The first kappa shape index (κ1) is 8.57. The molecule has 2 N–H and O–H groups in total. The number of rotatable bonds is 2. The summed E-state index contributed by atoms with van der Waals surface area (Å²) in [6.45, 7) is 4.35. The highest BCUT2D eigenvalue weighted by molar-refractivity contribution is 5.77. The van der Waals surface area contributed by atoms with Gasteiger partial charge in [-0.3, -0.25) is 4.79 Å². The summed E-state index contributed by atoms with van der Waals surface area (Å²) in [4.78, 5) is 10.9. The minimum atomic E-state index is -0.0961. The maximum absolute atomic E-state index is 10.9. The molecule has 0 saturated heterocycles. The SMILES string of the molecule is CC(C)[C@@H]1CCC[C@@H]1C(N)=O. The van der Waals surface area contributed by atoms with Crippen molar-refractivity contribution < 1.29 is 4.79 Å². The lowest BCUT2D eigenvalue weighted by Crippen LogP contribution is -2.28. The van der Waals surface area contributed by atoms with E-state index in [0.29, 0.717) is 11.8 Å². The molecule has 2 atom stereocenters. The molecule has 0 radical (unpaired) electrons. The van der Waals surface area contributed by atoms with E-state index in [-0.39, 0.29) is 11.8 Å². The second-order valence-electron chi connectivity index (χ2n) is 3.85. The van der Waals surface area contributed by atoms with Gasteiger partial charge in [0.05, 0.1) is 0 Å². The molecule has 0 aromatic rings. The normalized spacial score (nSPS) is 31.2. The molecule has 0 heterocycles. The predicted octanol–water partition coefficient (Wildman–Crippen LogP) is 1.54. The van der Waals surface area contributed by atoms with E-state index in [0.717, 1.165) is 6.42 Å². The molecule has 0 bridgehead atoms. The van der Waals surface area contributed by atoms with E-state index < -0.39 is 0 Å². The first-order chi connectivity index (χ1) is 5.13. The number of hydrogen-bond donors (Lipinski definition) is 1. The number of primary amides is 1. The molecule has 2 heteroatoms. The summed E-state index contributed by atoms with van der Waals surface area (Å²) >= 11 is 0. The largest absolute Gasteiger partial charge is 0.369 e. The molecular weight excluding hydrogens is 138 g/mol. The molecule has 64 valence electrons. The third-order valence-corrected chi connectivity index (χ3v) is 2.79. The van der Waals surface area contributed by atoms with Crippen molar-refractivity contribution in [1.82, 2.24) is 0 Å². The minimum Gasteiger partial charge on any atom is -0.369 e. The van der Waals surface area contributed by atoms with Gasteiger partial charge in [0.25, 0.3) is 0 Å². The van der Waals surface area contributed by atoms with Crippen LogP contribution in [0.4, 0.5) is 0 Å². The minimum absolute atomic E-state index is 0.0961. The summed E-state index contributed by atoms with van der Waals surface area (Å²) in [5.74, 6) is 1.22. The van der Waals surface area contributed by atoms with Crippen LogP contribution in [-0.2, 0) is 4.79 Å².